The van der Waals surface area contributed by atoms with Crippen LogP contribution in [0.4, 0.5) is 4.39 Å². The molecule has 0 saturated heterocycles. The molecule has 128 valence electrons. The van der Waals surface area contributed by atoms with Gasteiger partial charge >= 0.3 is 0 Å². The summed E-state index contributed by atoms with van der Waals surface area (Å²) in [7, 11) is 0. The first-order chi connectivity index (χ1) is 12.3. The topological polar surface area (TPSA) is 43.4 Å². The van der Waals surface area contributed by atoms with Crippen LogP contribution in [0.2, 0.25) is 0 Å². The molecule has 0 atom stereocenters. The maximum atomic E-state index is 13.0. The smallest absolute Gasteiger partial charge is 0.161 e. The molecule has 1 aromatic heterocycles. The van der Waals surface area contributed by atoms with E-state index in [1.807, 2.05) is 23.6 Å². The van der Waals surface area contributed by atoms with E-state index >= 15 is 0 Å². The van der Waals surface area contributed by atoms with Gasteiger partial charge in [-0.2, -0.15) is 0 Å². The van der Waals surface area contributed by atoms with Crippen molar-refractivity contribution in [2.75, 3.05) is 13.2 Å². The molecule has 0 amide bonds. The fourth-order valence-electron chi connectivity index (χ4n) is 2.65. The molecule has 0 spiro atoms. The summed E-state index contributed by atoms with van der Waals surface area (Å²) in [5, 5.41) is 6.31. The van der Waals surface area contributed by atoms with Crippen molar-refractivity contribution in [3.05, 3.63) is 64.9 Å². The van der Waals surface area contributed by atoms with Gasteiger partial charge in [-0.15, -0.1) is 11.3 Å². The largest absolute Gasteiger partial charge is 0.486 e. The Kier molecular flexibility index (Phi) is 4.63. The first-order valence-electron chi connectivity index (χ1n) is 8.07. The number of benzene rings is 2. The van der Waals surface area contributed by atoms with Gasteiger partial charge in [0.2, 0.25) is 0 Å². The van der Waals surface area contributed by atoms with Crippen molar-refractivity contribution in [3.63, 3.8) is 0 Å². The first-order valence-corrected chi connectivity index (χ1v) is 8.95. The molecule has 2 heterocycles. The van der Waals surface area contributed by atoms with Gasteiger partial charge in [0.05, 0.1) is 5.69 Å². The van der Waals surface area contributed by atoms with Crippen LogP contribution in [-0.4, -0.2) is 18.2 Å². The molecule has 3 aromatic rings. The number of halogens is 1. The number of rotatable bonds is 5. The van der Waals surface area contributed by atoms with Crippen LogP contribution >= 0.6 is 11.3 Å². The van der Waals surface area contributed by atoms with E-state index < -0.39 is 0 Å². The molecule has 4 nitrogen and oxygen atoms in total. The number of aromatic nitrogens is 1. The Balaban J connectivity index is 1.35. The van der Waals surface area contributed by atoms with E-state index in [0.29, 0.717) is 19.8 Å². The lowest BCUT2D eigenvalue weighted by Crippen LogP contribution is -2.16. The van der Waals surface area contributed by atoms with Crippen LogP contribution in [0.25, 0.3) is 10.6 Å². The Labute approximate surface area is 149 Å². The molecule has 1 aliphatic heterocycles. The van der Waals surface area contributed by atoms with Gasteiger partial charge in [-0.1, -0.05) is 6.07 Å². The predicted octanol–water partition coefficient (Wildman–Crippen LogP) is 4.01. The molecule has 4 rings (SSSR count). The van der Waals surface area contributed by atoms with Crippen LogP contribution in [0.5, 0.6) is 11.5 Å². The zero-order chi connectivity index (χ0) is 17.1. The fourth-order valence-corrected chi connectivity index (χ4v) is 3.47. The summed E-state index contributed by atoms with van der Waals surface area (Å²) in [5.41, 5.74) is 3.05. The van der Waals surface area contributed by atoms with Gasteiger partial charge in [-0.25, -0.2) is 9.37 Å². The van der Waals surface area contributed by atoms with E-state index in [0.717, 1.165) is 39.9 Å². The van der Waals surface area contributed by atoms with Crippen molar-refractivity contribution in [2.24, 2.45) is 0 Å². The summed E-state index contributed by atoms with van der Waals surface area (Å²) in [4.78, 5) is 4.60. The zero-order valence-electron chi connectivity index (χ0n) is 13.5. The Hall–Kier alpha value is -2.44. The Morgan fingerprint density at radius 2 is 1.80 bits per heavy atom. The highest BCUT2D eigenvalue weighted by Gasteiger charge is 2.11. The van der Waals surface area contributed by atoms with E-state index in [-0.39, 0.29) is 5.82 Å². The van der Waals surface area contributed by atoms with Crippen molar-refractivity contribution in [2.45, 2.75) is 13.1 Å². The highest BCUT2D eigenvalue weighted by molar-refractivity contribution is 7.13. The van der Waals surface area contributed by atoms with Gasteiger partial charge in [0, 0.05) is 24.0 Å². The summed E-state index contributed by atoms with van der Waals surface area (Å²) in [6, 6.07) is 12.4. The number of nitrogens with zero attached hydrogens (tertiary/aromatic N) is 1. The minimum Gasteiger partial charge on any atom is -0.486 e. The highest BCUT2D eigenvalue weighted by Crippen LogP contribution is 2.30. The van der Waals surface area contributed by atoms with Gasteiger partial charge in [0.25, 0.3) is 0 Å². The average molecular weight is 356 g/mol. The molecule has 0 aliphatic carbocycles. The summed E-state index contributed by atoms with van der Waals surface area (Å²) >= 11 is 1.56. The van der Waals surface area contributed by atoms with Gasteiger partial charge in [0.1, 0.15) is 24.0 Å². The van der Waals surface area contributed by atoms with Gasteiger partial charge < -0.3 is 14.8 Å². The lowest BCUT2D eigenvalue weighted by molar-refractivity contribution is 0.171. The number of thiazole rings is 1. The third kappa shape index (κ3) is 3.81. The predicted molar refractivity (Wildman–Crippen MR) is 95.5 cm³/mol. The average Bonchev–Trinajstić information content (AvgIpc) is 3.11. The molecule has 6 heteroatoms. The van der Waals surface area contributed by atoms with Crippen molar-refractivity contribution >= 4 is 11.3 Å². The van der Waals surface area contributed by atoms with Crippen molar-refractivity contribution in [3.8, 4) is 22.1 Å². The summed E-state index contributed by atoms with van der Waals surface area (Å²) in [6.07, 6.45) is 0. The molecule has 0 fully saturated rings. The Morgan fingerprint density at radius 1 is 1.00 bits per heavy atom. The number of ether oxygens (including phenoxy) is 2. The molecule has 1 N–H and O–H groups in total. The maximum absolute atomic E-state index is 13.0. The first kappa shape index (κ1) is 16.1. The quantitative estimate of drug-likeness (QED) is 0.750. The maximum Gasteiger partial charge on any atom is 0.161 e. The lowest BCUT2D eigenvalue weighted by atomic mass is 10.2. The van der Waals surface area contributed by atoms with Crippen LogP contribution in [0, 0.1) is 5.82 Å². The molecule has 0 saturated carbocycles. The third-order valence-corrected chi connectivity index (χ3v) is 4.82. The van der Waals surface area contributed by atoms with E-state index in [2.05, 4.69) is 10.3 Å². The number of fused-ring (bicyclic) bond motifs is 1. The molecule has 0 unspecified atom stereocenters. The number of hydrogen-bond donors (Lipinski definition) is 1. The highest BCUT2D eigenvalue weighted by atomic mass is 32.1. The second kappa shape index (κ2) is 7.21. The van der Waals surface area contributed by atoms with E-state index in [1.54, 1.807) is 23.5 Å². The number of nitrogens with one attached hydrogen (secondary N) is 1. The minimum absolute atomic E-state index is 0.235. The second-order valence-corrected chi connectivity index (χ2v) is 6.59. The number of hydrogen-bond acceptors (Lipinski definition) is 5. The monoisotopic (exact) mass is 356 g/mol. The molecule has 2 aromatic carbocycles. The van der Waals surface area contributed by atoms with Crippen LogP contribution < -0.4 is 14.8 Å². The second-order valence-electron chi connectivity index (χ2n) is 5.73. The Bertz CT molecular complexity index is 864. The molecule has 1 aliphatic rings. The zero-order valence-corrected chi connectivity index (χ0v) is 14.3. The molecule has 0 bridgehead atoms. The molecule has 0 radical (unpaired) electrons. The summed E-state index contributed by atoms with van der Waals surface area (Å²) in [5.74, 6) is 1.37. The van der Waals surface area contributed by atoms with Gasteiger partial charge in [-0.05, 0) is 42.0 Å². The van der Waals surface area contributed by atoms with E-state index in [1.165, 1.54) is 12.1 Å². The summed E-state index contributed by atoms with van der Waals surface area (Å²) in [6.45, 7) is 2.59. The van der Waals surface area contributed by atoms with Crippen molar-refractivity contribution in [1.82, 2.24) is 10.3 Å². The van der Waals surface area contributed by atoms with Crippen LogP contribution in [0.3, 0.4) is 0 Å². The van der Waals surface area contributed by atoms with Crippen LogP contribution in [-0.2, 0) is 13.1 Å². The molecular formula is C19H17FN2O2S. The third-order valence-electron chi connectivity index (χ3n) is 3.88. The normalized spacial score (nSPS) is 13.0. The fraction of sp³-hybridized carbons (Fsp3) is 0.211. The van der Waals surface area contributed by atoms with E-state index in [9.17, 15) is 4.39 Å². The minimum atomic E-state index is -0.235. The Morgan fingerprint density at radius 3 is 2.64 bits per heavy atom. The van der Waals surface area contributed by atoms with Crippen LogP contribution in [0.15, 0.2) is 47.8 Å². The van der Waals surface area contributed by atoms with Gasteiger partial charge in [0.15, 0.2) is 11.5 Å². The standard InChI is InChI=1S/C19H17FN2O2S/c20-15-4-2-14(3-5-15)19-22-16(12-25-19)11-21-10-13-1-6-17-18(9-13)24-8-7-23-17/h1-6,9,12,21H,7-8,10-11H2. The van der Waals surface area contributed by atoms with Crippen LogP contribution in [0.1, 0.15) is 11.3 Å². The van der Waals surface area contributed by atoms with E-state index in [4.69, 9.17) is 9.47 Å². The van der Waals surface area contributed by atoms with Crippen molar-refractivity contribution < 1.29 is 13.9 Å². The van der Waals surface area contributed by atoms with Gasteiger partial charge in [-0.3, -0.25) is 0 Å². The van der Waals surface area contributed by atoms with Crippen molar-refractivity contribution in [1.29, 1.82) is 0 Å². The lowest BCUT2D eigenvalue weighted by Gasteiger charge is -2.18. The summed E-state index contributed by atoms with van der Waals surface area (Å²) < 4.78 is 24.1. The SMILES string of the molecule is Fc1ccc(-c2nc(CNCc3ccc4c(c3)OCCO4)cs2)cc1. The molecular weight excluding hydrogens is 339 g/mol. The molecule has 25 heavy (non-hydrogen) atoms.